The van der Waals surface area contributed by atoms with Crippen LogP contribution in [-0.2, 0) is 11.2 Å². The number of phenolic OH excluding ortho intramolecular Hbond substituents is 1. The van der Waals surface area contributed by atoms with Gasteiger partial charge in [-0.2, -0.15) is 0 Å². The smallest absolute Gasteiger partial charge is 0.229 e. The van der Waals surface area contributed by atoms with Crippen LogP contribution in [0.1, 0.15) is 37.5 Å². The highest BCUT2D eigenvalue weighted by molar-refractivity contribution is 6.10. The number of rotatable bonds is 5. The van der Waals surface area contributed by atoms with E-state index in [0.29, 0.717) is 45.6 Å². The lowest BCUT2D eigenvalue weighted by Gasteiger charge is -2.39. The Bertz CT molecular complexity index is 1450. The Balaban J connectivity index is 1.80. The number of aliphatic hydroxyl groups is 3. The molecule has 208 valence electrons. The first-order valence-corrected chi connectivity index (χ1v) is 13.0. The van der Waals surface area contributed by atoms with Gasteiger partial charge in [-0.05, 0) is 80.5 Å². The highest BCUT2D eigenvalue weighted by atomic mass is 16.7. The molecule has 0 radical (unpaired) electrons. The lowest BCUT2D eigenvalue weighted by atomic mass is 9.87. The van der Waals surface area contributed by atoms with Crippen LogP contribution in [0, 0.1) is 6.92 Å². The van der Waals surface area contributed by atoms with Gasteiger partial charge >= 0.3 is 0 Å². The van der Waals surface area contributed by atoms with Gasteiger partial charge in [-0.3, -0.25) is 4.99 Å². The van der Waals surface area contributed by atoms with Crippen molar-refractivity contribution in [1.82, 2.24) is 0 Å². The Morgan fingerprint density at radius 2 is 1.64 bits per heavy atom. The summed E-state index contributed by atoms with van der Waals surface area (Å²) in [5.74, 6) is 1.47. The van der Waals surface area contributed by atoms with Gasteiger partial charge in [0, 0.05) is 11.3 Å². The van der Waals surface area contributed by atoms with Gasteiger partial charge in [0.15, 0.2) is 0 Å². The van der Waals surface area contributed by atoms with Crippen LogP contribution in [0.5, 0.6) is 23.0 Å². The Kier molecular flexibility index (Phi) is 7.19. The number of hydrogen-bond acceptors (Lipinski definition) is 9. The first-order valence-electron chi connectivity index (χ1n) is 13.0. The fourth-order valence-corrected chi connectivity index (χ4v) is 5.73. The third kappa shape index (κ3) is 4.59. The maximum absolute atomic E-state index is 10.8. The fraction of sp³-hybridized carbons (Fsp3) is 0.433. The zero-order valence-corrected chi connectivity index (χ0v) is 22.9. The number of benzene rings is 3. The van der Waals surface area contributed by atoms with Crippen molar-refractivity contribution in [2.24, 2.45) is 4.99 Å². The summed E-state index contributed by atoms with van der Waals surface area (Å²) in [6, 6.07) is 9.13. The molecule has 0 amide bonds. The maximum Gasteiger partial charge on any atom is 0.229 e. The topological polar surface area (TPSA) is 130 Å². The van der Waals surface area contributed by atoms with Gasteiger partial charge in [0.1, 0.15) is 41.3 Å². The van der Waals surface area contributed by atoms with Crippen molar-refractivity contribution >= 4 is 16.5 Å². The van der Waals surface area contributed by atoms with Gasteiger partial charge in [0.05, 0.1) is 37.3 Å². The molecule has 0 spiro atoms. The molecule has 0 saturated carbocycles. The second-order valence-electron chi connectivity index (χ2n) is 10.4. The number of aromatic hydroxyl groups is 1. The number of phenols is 1. The second kappa shape index (κ2) is 10.3. The lowest BCUT2D eigenvalue weighted by Crippen LogP contribution is -2.58. The summed E-state index contributed by atoms with van der Waals surface area (Å²) in [6.45, 7) is 7.52. The highest BCUT2D eigenvalue weighted by Crippen LogP contribution is 2.49. The van der Waals surface area contributed by atoms with E-state index in [-0.39, 0.29) is 11.8 Å². The van der Waals surface area contributed by atoms with Crippen LogP contribution >= 0.6 is 0 Å². The molecule has 3 aromatic rings. The molecule has 9 nitrogen and oxygen atoms in total. The van der Waals surface area contributed by atoms with E-state index in [1.165, 1.54) is 0 Å². The molecule has 0 aliphatic carbocycles. The molecule has 2 aliphatic rings. The van der Waals surface area contributed by atoms with Crippen molar-refractivity contribution in [2.75, 3.05) is 14.2 Å². The number of methoxy groups -OCH3 is 2. The first kappa shape index (κ1) is 27.2. The average molecular weight is 538 g/mol. The second-order valence-corrected chi connectivity index (χ2v) is 10.4. The molecular weight excluding hydrogens is 502 g/mol. The molecule has 1 saturated heterocycles. The van der Waals surface area contributed by atoms with Crippen molar-refractivity contribution in [3.8, 4) is 34.1 Å². The normalized spacial score (nSPS) is 26.6. The summed E-state index contributed by atoms with van der Waals surface area (Å²) in [5.41, 5.74) is 4.83. The average Bonchev–Trinajstić information content (AvgIpc) is 2.89. The Morgan fingerprint density at radius 1 is 0.897 bits per heavy atom. The molecule has 0 bridgehead atoms. The number of nitrogens with zero attached hydrogens (tertiary/aromatic N) is 1. The van der Waals surface area contributed by atoms with Crippen molar-refractivity contribution in [3.05, 3.63) is 47.0 Å². The summed E-state index contributed by atoms with van der Waals surface area (Å²) in [7, 11) is 3.13. The molecule has 2 aliphatic heterocycles. The molecular formula is C30H35NO8. The van der Waals surface area contributed by atoms with Gasteiger partial charge in [-0.1, -0.05) is 6.07 Å². The number of hydrogen-bond donors (Lipinski definition) is 4. The summed E-state index contributed by atoms with van der Waals surface area (Å²) in [5, 5.41) is 43.4. The molecule has 9 heteroatoms. The van der Waals surface area contributed by atoms with Crippen molar-refractivity contribution in [3.63, 3.8) is 0 Å². The molecule has 2 heterocycles. The van der Waals surface area contributed by atoms with Crippen LogP contribution in [0.4, 0.5) is 0 Å². The van der Waals surface area contributed by atoms with E-state index in [0.717, 1.165) is 22.4 Å². The van der Waals surface area contributed by atoms with E-state index in [9.17, 15) is 20.4 Å². The Labute approximate surface area is 227 Å². The van der Waals surface area contributed by atoms with E-state index < -0.39 is 30.7 Å². The standard InChI is InChI=1S/C30H35NO8/c1-13-9-19-18(7-8-20(32)24(19)21(10-13)36-5)25-22(39-30-28(35)27(34)26(33)16(4)38-30)12-17-11-14(2)31-15(3)23(17)29(25)37-6/h7-10,12,14,16,26-28,30,32-35H,11H2,1-6H3/t14-,16?,26?,27?,28?,30?/m1/s1. The Morgan fingerprint density at radius 3 is 2.33 bits per heavy atom. The van der Waals surface area contributed by atoms with Crippen molar-refractivity contribution in [2.45, 2.75) is 70.9 Å². The largest absolute Gasteiger partial charge is 0.507 e. The third-order valence-corrected chi connectivity index (χ3v) is 7.56. The Hall–Kier alpha value is -3.37. The molecule has 6 atom stereocenters. The zero-order chi connectivity index (χ0) is 28.2. The summed E-state index contributed by atoms with van der Waals surface area (Å²) < 4.78 is 23.8. The molecule has 5 rings (SSSR count). The SMILES string of the molecule is COc1c2c(cc(OC3OC(C)C(O)C(O)C3O)c1-c1ccc(O)c3c(OC)cc(C)cc13)C[C@@H](C)N=C2C. The van der Waals surface area contributed by atoms with E-state index in [4.69, 9.17) is 23.9 Å². The van der Waals surface area contributed by atoms with Crippen molar-refractivity contribution in [1.29, 1.82) is 0 Å². The minimum absolute atomic E-state index is 0.0517. The van der Waals surface area contributed by atoms with E-state index in [1.807, 2.05) is 39.0 Å². The number of aryl methyl sites for hydroxylation is 1. The van der Waals surface area contributed by atoms with Crippen LogP contribution < -0.4 is 14.2 Å². The van der Waals surface area contributed by atoms with Gasteiger partial charge in [0.25, 0.3) is 0 Å². The highest BCUT2D eigenvalue weighted by Gasteiger charge is 2.43. The van der Waals surface area contributed by atoms with Gasteiger partial charge < -0.3 is 39.4 Å². The quantitative estimate of drug-likeness (QED) is 0.389. The molecule has 5 unspecified atom stereocenters. The predicted octanol–water partition coefficient (Wildman–Crippen LogP) is 3.50. The molecule has 1 fully saturated rings. The molecule has 3 aromatic carbocycles. The third-order valence-electron chi connectivity index (χ3n) is 7.56. The monoisotopic (exact) mass is 537 g/mol. The summed E-state index contributed by atoms with van der Waals surface area (Å²) in [4.78, 5) is 4.78. The van der Waals surface area contributed by atoms with Crippen LogP contribution in [0.25, 0.3) is 21.9 Å². The number of fused-ring (bicyclic) bond motifs is 2. The minimum Gasteiger partial charge on any atom is -0.507 e. The van der Waals surface area contributed by atoms with E-state index in [1.54, 1.807) is 33.3 Å². The number of ether oxygens (including phenoxy) is 4. The zero-order valence-electron chi connectivity index (χ0n) is 22.9. The minimum atomic E-state index is -1.49. The molecule has 39 heavy (non-hydrogen) atoms. The van der Waals surface area contributed by atoms with E-state index >= 15 is 0 Å². The van der Waals surface area contributed by atoms with E-state index in [2.05, 4.69) is 0 Å². The van der Waals surface area contributed by atoms with Gasteiger partial charge in [-0.15, -0.1) is 0 Å². The van der Waals surface area contributed by atoms with Crippen LogP contribution in [-0.4, -0.2) is 77.1 Å². The maximum atomic E-state index is 10.8. The van der Waals surface area contributed by atoms with Crippen molar-refractivity contribution < 1.29 is 39.4 Å². The fourth-order valence-electron chi connectivity index (χ4n) is 5.73. The van der Waals surface area contributed by atoms with Crippen LogP contribution in [0.3, 0.4) is 0 Å². The van der Waals surface area contributed by atoms with Crippen LogP contribution in [0.2, 0.25) is 0 Å². The predicted molar refractivity (Wildman–Crippen MR) is 147 cm³/mol. The summed E-state index contributed by atoms with van der Waals surface area (Å²) >= 11 is 0. The first-order chi connectivity index (χ1) is 18.5. The molecule has 0 aromatic heterocycles. The van der Waals surface area contributed by atoms with Gasteiger partial charge in [-0.25, -0.2) is 0 Å². The summed E-state index contributed by atoms with van der Waals surface area (Å²) in [6.07, 6.45) is -5.57. The number of aliphatic imine (C=N–C) groups is 1. The number of aliphatic hydroxyl groups excluding tert-OH is 3. The van der Waals surface area contributed by atoms with Gasteiger partial charge in [0.2, 0.25) is 6.29 Å². The lowest BCUT2D eigenvalue weighted by molar-refractivity contribution is -0.268. The molecule has 4 N–H and O–H groups in total. The van der Waals surface area contributed by atoms with Crippen LogP contribution in [0.15, 0.2) is 35.3 Å².